The first-order chi connectivity index (χ1) is 8.84. The number of amides is 1. The number of nitrogens with zero attached hydrogens (tertiary/aromatic N) is 4. The first kappa shape index (κ1) is 10.4. The molecule has 6 heteroatoms. The van der Waals surface area contributed by atoms with E-state index in [1.165, 1.54) is 0 Å². The predicted molar refractivity (Wildman–Crippen MR) is 65.2 cm³/mol. The number of carbonyl (C=O) groups is 1. The van der Waals surface area contributed by atoms with Gasteiger partial charge < -0.3 is 5.32 Å². The van der Waals surface area contributed by atoms with Crippen molar-refractivity contribution in [1.82, 2.24) is 19.6 Å². The van der Waals surface area contributed by atoms with Gasteiger partial charge in [-0.05, 0) is 24.3 Å². The van der Waals surface area contributed by atoms with E-state index in [0.717, 1.165) is 0 Å². The van der Waals surface area contributed by atoms with Gasteiger partial charge in [-0.1, -0.05) is 0 Å². The van der Waals surface area contributed by atoms with E-state index < -0.39 is 0 Å². The van der Waals surface area contributed by atoms with E-state index >= 15 is 0 Å². The number of fused-ring (bicyclic) bond motifs is 1. The van der Waals surface area contributed by atoms with Crippen LogP contribution in [0.2, 0.25) is 0 Å². The number of rotatable bonds is 2. The van der Waals surface area contributed by atoms with Crippen LogP contribution >= 0.6 is 0 Å². The van der Waals surface area contributed by atoms with Gasteiger partial charge >= 0.3 is 0 Å². The molecule has 0 saturated carbocycles. The number of carbonyl (C=O) groups excluding carboxylic acids is 1. The molecule has 0 bridgehead atoms. The van der Waals surface area contributed by atoms with Gasteiger partial charge in [0.05, 0.1) is 5.69 Å². The second kappa shape index (κ2) is 4.25. The second-order valence-corrected chi connectivity index (χ2v) is 3.67. The normalized spacial score (nSPS) is 10.4. The number of hydrogen-bond acceptors (Lipinski definition) is 4. The largest absolute Gasteiger partial charge is 0.319 e. The summed E-state index contributed by atoms with van der Waals surface area (Å²) >= 11 is 0. The summed E-state index contributed by atoms with van der Waals surface area (Å²) in [5, 5.41) is 10.5. The maximum atomic E-state index is 12.0. The topological polar surface area (TPSA) is 72.2 Å². The standard InChI is InChI=1S/C12H9N5O/c18-12(9-3-5-13-6-4-9)15-10-2-1-7-17-8-14-16-11(10)17/h1-8H,(H,15,18). The Balaban J connectivity index is 1.93. The Bertz CT molecular complexity index is 692. The third-order valence-corrected chi connectivity index (χ3v) is 2.51. The zero-order valence-corrected chi connectivity index (χ0v) is 9.32. The molecule has 3 aromatic heterocycles. The third-order valence-electron chi connectivity index (χ3n) is 2.51. The molecule has 3 heterocycles. The molecule has 0 radical (unpaired) electrons. The van der Waals surface area contributed by atoms with Crippen LogP contribution in [-0.2, 0) is 0 Å². The summed E-state index contributed by atoms with van der Waals surface area (Å²) < 4.78 is 1.74. The van der Waals surface area contributed by atoms with Crippen LogP contribution in [0.15, 0.2) is 49.2 Å². The van der Waals surface area contributed by atoms with Gasteiger partial charge in [0, 0.05) is 24.2 Å². The van der Waals surface area contributed by atoms with Crippen molar-refractivity contribution < 1.29 is 4.79 Å². The van der Waals surface area contributed by atoms with Crippen LogP contribution in [0.3, 0.4) is 0 Å². The lowest BCUT2D eigenvalue weighted by molar-refractivity contribution is 0.102. The number of aromatic nitrogens is 4. The van der Waals surface area contributed by atoms with Gasteiger partial charge in [0.25, 0.3) is 5.91 Å². The van der Waals surface area contributed by atoms with Crippen LogP contribution in [-0.4, -0.2) is 25.5 Å². The van der Waals surface area contributed by atoms with Crippen LogP contribution in [0.5, 0.6) is 0 Å². The molecule has 18 heavy (non-hydrogen) atoms. The molecular formula is C12H9N5O. The summed E-state index contributed by atoms with van der Waals surface area (Å²) in [5.74, 6) is -0.200. The first-order valence-corrected chi connectivity index (χ1v) is 5.34. The van der Waals surface area contributed by atoms with Crippen LogP contribution in [0.25, 0.3) is 5.65 Å². The number of anilines is 1. The lowest BCUT2D eigenvalue weighted by Gasteiger charge is -2.05. The lowest BCUT2D eigenvalue weighted by atomic mass is 10.2. The van der Waals surface area contributed by atoms with E-state index in [0.29, 0.717) is 16.9 Å². The highest BCUT2D eigenvalue weighted by Crippen LogP contribution is 2.14. The molecule has 0 atom stereocenters. The second-order valence-electron chi connectivity index (χ2n) is 3.67. The molecule has 3 aromatic rings. The fourth-order valence-electron chi connectivity index (χ4n) is 1.65. The molecule has 0 aliphatic heterocycles. The minimum atomic E-state index is -0.200. The maximum Gasteiger partial charge on any atom is 0.255 e. The smallest absolute Gasteiger partial charge is 0.255 e. The molecule has 6 nitrogen and oxygen atoms in total. The molecule has 1 amide bonds. The van der Waals surface area contributed by atoms with Crippen LogP contribution in [0.1, 0.15) is 10.4 Å². The Kier molecular flexibility index (Phi) is 2.45. The van der Waals surface area contributed by atoms with E-state index in [1.807, 2.05) is 12.3 Å². The van der Waals surface area contributed by atoms with Gasteiger partial charge in [0.2, 0.25) is 0 Å². The number of nitrogens with one attached hydrogen (secondary N) is 1. The summed E-state index contributed by atoms with van der Waals surface area (Å²) in [7, 11) is 0. The van der Waals surface area contributed by atoms with Gasteiger partial charge in [-0.15, -0.1) is 10.2 Å². The monoisotopic (exact) mass is 239 g/mol. The van der Waals surface area contributed by atoms with E-state index in [4.69, 9.17) is 0 Å². The highest BCUT2D eigenvalue weighted by molar-refractivity contribution is 6.05. The Morgan fingerprint density at radius 1 is 1.22 bits per heavy atom. The molecule has 0 fully saturated rings. The van der Waals surface area contributed by atoms with Gasteiger partial charge in [-0.2, -0.15) is 0 Å². The van der Waals surface area contributed by atoms with Gasteiger partial charge in [-0.25, -0.2) is 0 Å². The Morgan fingerprint density at radius 3 is 2.89 bits per heavy atom. The average molecular weight is 239 g/mol. The molecule has 88 valence electrons. The summed E-state index contributed by atoms with van der Waals surface area (Å²) in [4.78, 5) is 15.9. The number of pyridine rings is 2. The van der Waals surface area contributed by atoms with Crippen molar-refractivity contribution >= 4 is 17.2 Å². The van der Waals surface area contributed by atoms with Crippen molar-refractivity contribution in [2.45, 2.75) is 0 Å². The molecular weight excluding hydrogens is 230 g/mol. The minimum absolute atomic E-state index is 0.200. The van der Waals surface area contributed by atoms with E-state index in [1.54, 1.807) is 41.3 Å². The summed E-state index contributed by atoms with van der Waals surface area (Å²) in [6.07, 6.45) is 6.55. The number of hydrogen-bond donors (Lipinski definition) is 1. The van der Waals surface area contributed by atoms with Crippen molar-refractivity contribution in [3.05, 3.63) is 54.7 Å². The average Bonchev–Trinajstić information content (AvgIpc) is 2.89. The fraction of sp³-hybridized carbons (Fsp3) is 0. The zero-order valence-electron chi connectivity index (χ0n) is 9.32. The van der Waals surface area contributed by atoms with Crippen LogP contribution in [0, 0.1) is 0 Å². The van der Waals surface area contributed by atoms with Crippen molar-refractivity contribution in [3.8, 4) is 0 Å². The minimum Gasteiger partial charge on any atom is -0.319 e. The quantitative estimate of drug-likeness (QED) is 0.733. The summed E-state index contributed by atoms with van der Waals surface area (Å²) in [5.41, 5.74) is 1.78. The van der Waals surface area contributed by atoms with Crippen LogP contribution < -0.4 is 5.32 Å². The third kappa shape index (κ3) is 1.80. The summed E-state index contributed by atoms with van der Waals surface area (Å²) in [6.45, 7) is 0. The Labute approximate surface area is 102 Å². The molecule has 0 spiro atoms. The highest BCUT2D eigenvalue weighted by atomic mass is 16.1. The molecule has 0 saturated heterocycles. The predicted octanol–water partition coefficient (Wildman–Crippen LogP) is 1.38. The molecule has 1 N–H and O–H groups in total. The van der Waals surface area contributed by atoms with Crippen molar-refractivity contribution in [3.63, 3.8) is 0 Å². The van der Waals surface area contributed by atoms with Gasteiger partial charge in [0.15, 0.2) is 5.65 Å². The first-order valence-electron chi connectivity index (χ1n) is 5.34. The molecule has 0 aromatic carbocycles. The van der Waals surface area contributed by atoms with Gasteiger partial charge in [-0.3, -0.25) is 14.2 Å². The highest BCUT2D eigenvalue weighted by Gasteiger charge is 2.08. The van der Waals surface area contributed by atoms with E-state index in [2.05, 4.69) is 20.5 Å². The molecule has 0 unspecified atom stereocenters. The van der Waals surface area contributed by atoms with E-state index in [-0.39, 0.29) is 5.91 Å². The molecule has 3 rings (SSSR count). The maximum absolute atomic E-state index is 12.0. The Hall–Kier alpha value is -2.76. The SMILES string of the molecule is O=C(Nc1cccn2cnnc12)c1ccncc1. The van der Waals surface area contributed by atoms with Crippen LogP contribution in [0.4, 0.5) is 5.69 Å². The molecule has 0 aliphatic rings. The fourth-order valence-corrected chi connectivity index (χ4v) is 1.65. The van der Waals surface area contributed by atoms with Gasteiger partial charge in [0.1, 0.15) is 6.33 Å². The van der Waals surface area contributed by atoms with E-state index in [9.17, 15) is 4.79 Å². The lowest BCUT2D eigenvalue weighted by Crippen LogP contribution is -2.12. The molecule has 0 aliphatic carbocycles. The van der Waals surface area contributed by atoms with Crippen molar-refractivity contribution in [2.24, 2.45) is 0 Å². The van der Waals surface area contributed by atoms with Crippen molar-refractivity contribution in [2.75, 3.05) is 5.32 Å². The zero-order chi connectivity index (χ0) is 12.4. The summed E-state index contributed by atoms with van der Waals surface area (Å²) in [6, 6.07) is 6.90. The Morgan fingerprint density at radius 2 is 2.06 bits per heavy atom. The van der Waals surface area contributed by atoms with Crippen molar-refractivity contribution in [1.29, 1.82) is 0 Å².